The highest BCUT2D eigenvalue weighted by Crippen LogP contribution is 2.29. The first kappa shape index (κ1) is 23.6. The van der Waals surface area contributed by atoms with Crippen molar-refractivity contribution in [3.8, 4) is 5.75 Å². The van der Waals surface area contributed by atoms with Crippen LogP contribution in [0.15, 0.2) is 73.1 Å². The highest BCUT2D eigenvalue weighted by Gasteiger charge is 2.44. The van der Waals surface area contributed by atoms with Crippen LogP contribution in [0.3, 0.4) is 0 Å². The Bertz CT molecular complexity index is 1260. The number of nitrogens with one attached hydrogen (secondary N) is 1. The minimum absolute atomic E-state index is 0.100. The van der Waals surface area contributed by atoms with Crippen molar-refractivity contribution >= 4 is 35.0 Å². The molecule has 2 heterocycles. The lowest BCUT2D eigenvalue weighted by atomic mass is 10.1. The summed E-state index contributed by atoms with van der Waals surface area (Å²) in [4.78, 5) is 57.8. The molecule has 4 amide bonds. The molecule has 9 nitrogen and oxygen atoms in total. The third-order valence-corrected chi connectivity index (χ3v) is 5.60. The van der Waals surface area contributed by atoms with Gasteiger partial charge in [-0.3, -0.25) is 24.2 Å². The SMILES string of the molecule is COc1cccc(C(=O)N(Cc2cccnc2)C2CC(=O)N(c3ccc(NC(C)=O)cc3)C2=O)c1. The largest absolute Gasteiger partial charge is 0.497 e. The summed E-state index contributed by atoms with van der Waals surface area (Å²) in [5, 5.41) is 2.65. The Kier molecular flexibility index (Phi) is 6.86. The van der Waals surface area contributed by atoms with Gasteiger partial charge in [0.2, 0.25) is 11.8 Å². The smallest absolute Gasteiger partial charge is 0.257 e. The standard InChI is InChI=1S/C26H24N4O5/c1-17(31)28-20-8-10-21(11-9-20)30-24(32)14-23(26(30)34)29(16-18-5-4-12-27-15-18)25(33)19-6-3-7-22(13-19)35-2/h3-13,15,23H,14,16H2,1-2H3,(H,28,31). The number of carbonyl (C=O) groups is 4. The molecule has 2 aromatic carbocycles. The van der Waals surface area contributed by atoms with Gasteiger partial charge in [0.1, 0.15) is 11.8 Å². The number of rotatable bonds is 7. The Hall–Kier alpha value is -4.53. The summed E-state index contributed by atoms with van der Waals surface area (Å²) in [6, 6.07) is 15.6. The van der Waals surface area contributed by atoms with Crippen LogP contribution in [0.4, 0.5) is 11.4 Å². The molecule has 9 heteroatoms. The van der Waals surface area contributed by atoms with Gasteiger partial charge in [0.25, 0.3) is 11.8 Å². The second-order valence-corrected chi connectivity index (χ2v) is 8.04. The van der Waals surface area contributed by atoms with E-state index in [0.29, 0.717) is 22.7 Å². The maximum absolute atomic E-state index is 13.6. The van der Waals surface area contributed by atoms with Gasteiger partial charge in [0.05, 0.1) is 19.2 Å². The fourth-order valence-electron chi connectivity index (χ4n) is 3.96. The molecule has 35 heavy (non-hydrogen) atoms. The second kappa shape index (κ2) is 10.2. The maximum Gasteiger partial charge on any atom is 0.257 e. The van der Waals surface area contributed by atoms with E-state index in [2.05, 4.69) is 10.3 Å². The molecular weight excluding hydrogens is 448 g/mol. The topological polar surface area (TPSA) is 109 Å². The number of ether oxygens (including phenoxy) is 1. The minimum Gasteiger partial charge on any atom is -0.497 e. The molecule has 0 aliphatic carbocycles. The number of benzene rings is 2. The first-order valence-corrected chi connectivity index (χ1v) is 11.0. The number of nitrogens with zero attached hydrogens (tertiary/aromatic N) is 3. The van der Waals surface area contributed by atoms with Crippen molar-refractivity contribution in [2.45, 2.75) is 25.9 Å². The van der Waals surface area contributed by atoms with E-state index >= 15 is 0 Å². The van der Waals surface area contributed by atoms with Crippen molar-refractivity contribution in [3.05, 3.63) is 84.2 Å². The highest BCUT2D eigenvalue weighted by atomic mass is 16.5. The number of methoxy groups -OCH3 is 1. The quantitative estimate of drug-likeness (QED) is 0.530. The zero-order chi connectivity index (χ0) is 24.9. The molecule has 178 valence electrons. The van der Waals surface area contributed by atoms with E-state index in [1.54, 1.807) is 73.1 Å². The van der Waals surface area contributed by atoms with Crippen LogP contribution < -0.4 is 15.0 Å². The van der Waals surface area contributed by atoms with Gasteiger partial charge in [-0.1, -0.05) is 12.1 Å². The van der Waals surface area contributed by atoms with Crippen molar-refractivity contribution in [3.63, 3.8) is 0 Å². The van der Waals surface area contributed by atoms with Crippen LogP contribution in [0.2, 0.25) is 0 Å². The number of amides is 4. The van der Waals surface area contributed by atoms with E-state index in [1.165, 1.54) is 18.9 Å². The summed E-state index contributed by atoms with van der Waals surface area (Å²) >= 11 is 0. The molecule has 1 aliphatic heterocycles. The highest BCUT2D eigenvalue weighted by molar-refractivity contribution is 6.23. The zero-order valence-electron chi connectivity index (χ0n) is 19.3. The summed E-state index contributed by atoms with van der Waals surface area (Å²) in [6.07, 6.45) is 3.09. The molecule has 0 bridgehead atoms. The molecule has 1 atom stereocenters. The molecule has 1 saturated heterocycles. The summed E-state index contributed by atoms with van der Waals surface area (Å²) in [5.41, 5.74) is 1.98. The lowest BCUT2D eigenvalue weighted by molar-refractivity contribution is -0.122. The molecule has 0 spiro atoms. The first-order chi connectivity index (χ1) is 16.9. The molecular formula is C26H24N4O5. The molecule has 0 radical (unpaired) electrons. The predicted molar refractivity (Wildman–Crippen MR) is 129 cm³/mol. The molecule has 0 saturated carbocycles. The third kappa shape index (κ3) is 5.19. The van der Waals surface area contributed by atoms with Crippen LogP contribution in [0.5, 0.6) is 5.75 Å². The van der Waals surface area contributed by atoms with Crippen molar-refractivity contribution in [2.75, 3.05) is 17.3 Å². The summed E-state index contributed by atoms with van der Waals surface area (Å²) < 4.78 is 5.24. The van der Waals surface area contributed by atoms with Crippen molar-refractivity contribution in [2.24, 2.45) is 0 Å². The van der Waals surface area contributed by atoms with E-state index in [-0.39, 0.29) is 18.9 Å². The number of anilines is 2. The van der Waals surface area contributed by atoms with E-state index in [1.807, 2.05) is 0 Å². The van der Waals surface area contributed by atoms with E-state index in [9.17, 15) is 19.2 Å². The van der Waals surface area contributed by atoms with Crippen molar-refractivity contribution in [1.82, 2.24) is 9.88 Å². The molecule has 1 fully saturated rings. The van der Waals surface area contributed by atoms with Crippen molar-refractivity contribution in [1.29, 1.82) is 0 Å². The Morgan fingerprint density at radius 1 is 1.11 bits per heavy atom. The fraction of sp³-hybridized carbons (Fsp3) is 0.192. The molecule has 1 unspecified atom stereocenters. The van der Waals surface area contributed by atoms with Crippen LogP contribution in [0.25, 0.3) is 0 Å². The lowest BCUT2D eigenvalue weighted by Gasteiger charge is -2.28. The Balaban J connectivity index is 1.65. The summed E-state index contributed by atoms with van der Waals surface area (Å²) in [6.45, 7) is 1.49. The monoisotopic (exact) mass is 472 g/mol. The molecule has 4 rings (SSSR count). The average molecular weight is 473 g/mol. The van der Waals surface area contributed by atoms with Crippen LogP contribution >= 0.6 is 0 Å². The lowest BCUT2D eigenvalue weighted by Crippen LogP contribution is -2.45. The van der Waals surface area contributed by atoms with Gasteiger partial charge >= 0.3 is 0 Å². The van der Waals surface area contributed by atoms with Crippen LogP contribution in [-0.2, 0) is 20.9 Å². The van der Waals surface area contributed by atoms with Crippen LogP contribution in [0.1, 0.15) is 29.3 Å². The molecule has 1 aliphatic rings. The number of pyridine rings is 1. The average Bonchev–Trinajstić information content (AvgIpc) is 3.16. The van der Waals surface area contributed by atoms with E-state index < -0.39 is 23.8 Å². The number of hydrogen-bond acceptors (Lipinski definition) is 6. The second-order valence-electron chi connectivity index (χ2n) is 8.04. The predicted octanol–water partition coefficient (Wildman–Crippen LogP) is 3.02. The van der Waals surface area contributed by atoms with Gasteiger partial charge in [0, 0.05) is 37.1 Å². The minimum atomic E-state index is -0.989. The van der Waals surface area contributed by atoms with Gasteiger partial charge < -0.3 is 15.0 Å². The fourth-order valence-corrected chi connectivity index (χ4v) is 3.96. The molecule has 1 aromatic heterocycles. The summed E-state index contributed by atoms with van der Waals surface area (Å²) in [7, 11) is 1.51. The Morgan fingerprint density at radius 2 is 1.89 bits per heavy atom. The van der Waals surface area contributed by atoms with Crippen LogP contribution in [0, 0.1) is 0 Å². The van der Waals surface area contributed by atoms with E-state index in [0.717, 1.165) is 10.5 Å². The van der Waals surface area contributed by atoms with Crippen LogP contribution in [-0.4, -0.2) is 46.7 Å². The number of aromatic nitrogens is 1. The van der Waals surface area contributed by atoms with Gasteiger partial charge in [0.15, 0.2) is 0 Å². The van der Waals surface area contributed by atoms with Gasteiger partial charge in [-0.05, 0) is 54.1 Å². The number of carbonyl (C=O) groups excluding carboxylic acids is 4. The Labute approximate surface area is 202 Å². The summed E-state index contributed by atoms with van der Waals surface area (Å²) in [5.74, 6) is -1.04. The molecule has 1 N–H and O–H groups in total. The number of hydrogen-bond donors (Lipinski definition) is 1. The van der Waals surface area contributed by atoms with Gasteiger partial charge in [-0.25, -0.2) is 4.90 Å². The van der Waals surface area contributed by atoms with Gasteiger partial charge in [-0.2, -0.15) is 0 Å². The first-order valence-electron chi connectivity index (χ1n) is 11.0. The Morgan fingerprint density at radius 3 is 2.54 bits per heavy atom. The third-order valence-electron chi connectivity index (χ3n) is 5.60. The maximum atomic E-state index is 13.6. The van der Waals surface area contributed by atoms with Gasteiger partial charge in [-0.15, -0.1) is 0 Å². The molecule has 3 aromatic rings. The van der Waals surface area contributed by atoms with Crippen molar-refractivity contribution < 1.29 is 23.9 Å². The number of imide groups is 1. The normalized spacial score (nSPS) is 15.1. The van der Waals surface area contributed by atoms with E-state index in [4.69, 9.17) is 4.74 Å². The zero-order valence-corrected chi connectivity index (χ0v) is 19.3.